The number of nitrogens with one attached hydrogen (secondary N) is 3. The quantitative estimate of drug-likeness (QED) is 0.0377. The molecule has 8 fully saturated rings. The molecule has 0 bridgehead atoms. The summed E-state index contributed by atoms with van der Waals surface area (Å²) in [5.74, 6) is -2.75. The summed E-state index contributed by atoms with van der Waals surface area (Å²) in [7, 11) is -5.22. The summed E-state index contributed by atoms with van der Waals surface area (Å²) in [5.41, 5.74) is 0. The Hall–Kier alpha value is -3.12. The van der Waals surface area contributed by atoms with Gasteiger partial charge in [-0.1, -0.05) is 0 Å². The first-order chi connectivity index (χ1) is 46.9. The Labute approximate surface area is 567 Å². The third-order valence-electron chi connectivity index (χ3n) is 18.0. The molecule has 1 unspecified atom stereocenters. The summed E-state index contributed by atoms with van der Waals surface area (Å²) in [6.45, 7) is -1.23. The minimum atomic E-state index is -5.22. The van der Waals surface area contributed by atoms with E-state index in [9.17, 15) is 129 Å². The number of hydrogen-bond acceptors (Lipinski definition) is 41. The van der Waals surface area contributed by atoms with Crippen LogP contribution in [0.1, 0.15) is 34.6 Å². The molecule has 0 spiro atoms. The second kappa shape index (κ2) is 35.1. The van der Waals surface area contributed by atoms with Crippen LogP contribution in [0, 0.1) is 0 Å². The molecule has 24 N–H and O–H groups in total. The van der Waals surface area contributed by atoms with Crippen molar-refractivity contribution in [1.82, 2.24) is 16.0 Å². The first-order valence-corrected chi connectivity index (χ1v) is 32.9. The molecule has 580 valence electrons. The Morgan fingerprint density at radius 2 is 0.680 bits per heavy atom. The molecule has 8 aliphatic rings. The molecule has 0 aromatic rings. The Bertz CT molecular complexity index is 2740. The van der Waals surface area contributed by atoms with Crippen LogP contribution in [-0.4, -0.2) is 418 Å². The molecular formula is C54H91N3O42S. The van der Waals surface area contributed by atoms with Gasteiger partial charge in [0.2, 0.25) is 17.7 Å². The SMILES string of the molecule is CC(=O)N[C@H]1[C@H](OC[C@H]2O[C@@H](O[C@H]3[C@@H](O)[C@@H](CO[C@@H]4O[C@H](COS(=O)(=O)O)[C@@H](O)[C@H](O)[C@H]4NC(C)=O)OC(O)[C@@H]3NC(C)=O)[C@H](O[C@@H]3O[C@@H](C)[C@@H](O)[C@@H](O)[C@@H]3O)[C@@H](O[C@@H]3O[C@H](CO)[C@H](O)[C@H](O)[C@H]3O[C@@H]3O[C@@H](C)[C@@H](O)[C@@H](O)[C@@H]3O)[C@H]2O)O[C@H](CO)[C@@H](O[C@@H]2O[C@H](CO)[C@H](O)[C@H](O)[C@H]2O)[C@@H]1O. The molecule has 0 saturated carbocycles. The molecule has 8 saturated heterocycles. The zero-order valence-corrected chi connectivity index (χ0v) is 54.5. The van der Waals surface area contributed by atoms with E-state index in [4.69, 9.17) is 71.1 Å². The van der Waals surface area contributed by atoms with Crippen molar-refractivity contribution in [3.05, 3.63) is 0 Å². The van der Waals surface area contributed by atoms with Gasteiger partial charge in [-0.15, -0.1) is 0 Å². The fourth-order valence-corrected chi connectivity index (χ4v) is 12.8. The third-order valence-corrected chi connectivity index (χ3v) is 18.4. The predicted octanol–water partition coefficient (Wildman–Crippen LogP) is -16.1. The van der Waals surface area contributed by atoms with Gasteiger partial charge in [0, 0.05) is 20.8 Å². The lowest BCUT2D eigenvalue weighted by atomic mass is 9.94. The van der Waals surface area contributed by atoms with E-state index in [1.165, 1.54) is 13.8 Å². The minimum absolute atomic E-state index is 0.866. The van der Waals surface area contributed by atoms with Crippen LogP contribution in [-0.2, 0) is 100 Å². The molecule has 45 nitrogen and oxygen atoms in total. The molecule has 0 radical (unpaired) electrons. The van der Waals surface area contributed by atoms with Crippen LogP contribution in [0.5, 0.6) is 0 Å². The lowest BCUT2D eigenvalue weighted by Gasteiger charge is -2.52. The average molecular weight is 1490 g/mol. The van der Waals surface area contributed by atoms with E-state index in [2.05, 4.69) is 20.1 Å². The Morgan fingerprint density at radius 1 is 0.330 bits per heavy atom. The van der Waals surface area contributed by atoms with E-state index in [0.717, 1.165) is 20.8 Å². The molecule has 0 aliphatic carbocycles. The summed E-state index contributed by atoms with van der Waals surface area (Å²) in [6.07, 6.45) is -76.0. The highest BCUT2D eigenvalue weighted by atomic mass is 32.3. The molecule has 0 aromatic carbocycles. The Balaban J connectivity index is 1.20. The van der Waals surface area contributed by atoms with Crippen molar-refractivity contribution in [2.75, 3.05) is 39.6 Å². The smallest absolute Gasteiger partial charge is 0.394 e. The van der Waals surface area contributed by atoms with Crippen molar-refractivity contribution in [3.63, 3.8) is 0 Å². The first kappa shape index (κ1) is 82.5. The number of ether oxygens (including phenoxy) is 15. The Kier molecular flexibility index (Phi) is 28.9. The van der Waals surface area contributed by atoms with Crippen LogP contribution >= 0.6 is 0 Å². The number of aliphatic hydroxyl groups excluding tert-OH is 20. The van der Waals surface area contributed by atoms with E-state index >= 15 is 0 Å². The summed E-state index contributed by atoms with van der Waals surface area (Å²) < 4.78 is 126. The normalized spacial score (nSPS) is 48.9. The summed E-state index contributed by atoms with van der Waals surface area (Å²) in [5, 5.41) is 229. The molecule has 8 heterocycles. The highest BCUT2D eigenvalue weighted by molar-refractivity contribution is 7.80. The summed E-state index contributed by atoms with van der Waals surface area (Å²) in [6, 6.07) is -5.59. The minimum Gasteiger partial charge on any atom is -0.394 e. The monoisotopic (exact) mass is 1490 g/mol. The third kappa shape index (κ3) is 18.8. The van der Waals surface area contributed by atoms with Gasteiger partial charge in [0.25, 0.3) is 0 Å². The number of amides is 3. The lowest BCUT2D eigenvalue weighted by Crippen LogP contribution is -2.70. The fourth-order valence-electron chi connectivity index (χ4n) is 12.5. The molecule has 8 rings (SSSR count). The lowest BCUT2D eigenvalue weighted by molar-refractivity contribution is -0.412. The van der Waals surface area contributed by atoms with Crippen molar-refractivity contribution in [1.29, 1.82) is 0 Å². The van der Waals surface area contributed by atoms with Crippen LogP contribution in [0.2, 0.25) is 0 Å². The van der Waals surface area contributed by atoms with Gasteiger partial charge in [-0.05, 0) is 13.8 Å². The van der Waals surface area contributed by atoms with Gasteiger partial charge in [-0.3, -0.25) is 18.9 Å². The van der Waals surface area contributed by atoms with E-state index < -0.39 is 313 Å². The number of aliphatic hydroxyl groups is 20. The van der Waals surface area contributed by atoms with Crippen molar-refractivity contribution < 1.29 is 205 Å². The van der Waals surface area contributed by atoms with Gasteiger partial charge >= 0.3 is 10.4 Å². The maximum absolute atomic E-state index is 13.0. The number of rotatable bonds is 25. The van der Waals surface area contributed by atoms with Gasteiger partial charge in [0.1, 0.15) is 183 Å². The van der Waals surface area contributed by atoms with Gasteiger partial charge in [-0.2, -0.15) is 8.42 Å². The van der Waals surface area contributed by atoms with Crippen LogP contribution in [0.3, 0.4) is 0 Å². The van der Waals surface area contributed by atoms with Crippen LogP contribution < -0.4 is 16.0 Å². The number of hydrogen-bond donors (Lipinski definition) is 24. The maximum Gasteiger partial charge on any atom is 0.397 e. The highest BCUT2D eigenvalue weighted by Crippen LogP contribution is 2.39. The molecule has 100 heavy (non-hydrogen) atoms. The van der Waals surface area contributed by atoms with Gasteiger partial charge < -0.3 is 189 Å². The molecule has 46 heteroatoms. The van der Waals surface area contributed by atoms with Gasteiger partial charge in [-0.25, -0.2) is 4.18 Å². The average Bonchev–Trinajstić information content (AvgIpc) is 0.766. The summed E-state index contributed by atoms with van der Waals surface area (Å²) in [4.78, 5) is 38.3. The van der Waals surface area contributed by atoms with Crippen LogP contribution in [0.25, 0.3) is 0 Å². The molecule has 40 atom stereocenters. The number of carbonyl (C=O) groups excluding carboxylic acids is 3. The topological polar surface area (TPSA) is 694 Å². The van der Waals surface area contributed by atoms with Crippen LogP contribution in [0.4, 0.5) is 0 Å². The van der Waals surface area contributed by atoms with E-state index in [0.29, 0.717) is 0 Å². The van der Waals surface area contributed by atoms with E-state index in [1.807, 2.05) is 0 Å². The van der Waals surface area contributed by atoms with Crippen LogP contribution in [0.15, 0.2) is 0 Å². The van der Waals surface area contributed by atoms with E-state index in [1.54, 1.807) is 0 Å². The second-order valence-electron chi connectivity index (χ2n) is 25.2. The summed E-state index contributed by atoms with van der Waals surface area (Å²) >= 11 is 0. The van der Waals surface area contributed by atoms with Crippen molar-refractivity contribution in [2.45, 2.75) is 280 Å². The molecule has 0 aromatic heterocycles. The number of carbonyl (C=O) groups is 3. The predicted molar refractivity (Wildman–Crippen MR) is 307 cm³/mol. The van der Waals surface area contributed by atoms with Crippen molar-refractivity contribution in [2.24, 2.45) is 0 Å². The molecule has 3 amide bonds. The van der Waals surface area contributed by atoms with Gasteiger partial charge in [0.15, 0.2) is 50.3 Å². The zero-order chi connectivity index (χ0) is 74.0. The fraction of sp³-hybridized carbons (Fsp3) is 0.944. The standard InChI is InChI=1S/C54H91N3O42S/c1-12-26(64)35(73)39(77)50(87-12)98-45-38(76)29(67)18(7-59)91-53(45)97-44-32(70)21(10-85-49-24(56-15(4)62)34(72)42(19(8-60)92-49)95-52-41(79)37(75)28(66)17(6-58)90-52)94-54(46(44)99-51-40(78)36(74)27(65)13(2)88-51)96-43-25(57-16(5)63)47(80)89-20(31(43)69)9-84-48-23(55-14(3)61)33(71)30(68)22(93-48)11-86-100(81,82)83/h12-13,17-54,58-60,64-80H,6-11H2,1-5H3,(H,55,61)(H,56,62)(H,57,63)(H,81,82,83)/t12-,13-,17+,18+,19+,20+,21+,22+,23+,24+,25+,26+,27+,28-,29-,30+,31-,32-,33+,34+,35+,36+,37-,38-,39-,40-,41+,42+,43+,44-,45+,46+,47?,48+,49+,50-,51-,52-,53-,54-/m0/s1. The second-order valence-corrected chi connectivity index (χ2v) is 26.2. The van der Waals surface area contributed by atoms with E-state index in [-0.39, 0.29) is 0 Å². The van der Waals surface area contributed by atoms with Crippen molar-refractivity contribution in [3.8, 4) is 0 Å². The maximum atomic E-state index is 13.0. The Morgan fingerprint density at radius 3 is 1.18 bits per heavy atom. The first-order valence-electron chi connectivity index (χ1n) is 31.5. The molecular weight excluding hydrogens is 1390 g/mol. The molecule has 8 aliphatic heterocycles. The van der Waals surface area contributed by atoms with Gasteiger partial charge in [0.05, 0.1) is 51.8 Å². The highest BCUT2D eigenvalue weighted by Gasteiger charge is 2.60. The van der Waals surface area contributed by atoms with Crippen molar-refractivity contribution >= 4 is 28.1 Å². The largest absolute Gasteiger partial charge is 0.397 e. The zero-order valence-electron chi connectivity index (χ0n) is 53.7.